The number of hydrogen-bond donors (Lipinski definition) is 0. The summed E-state index contributed by atoms with van der Waals surface area (Å²) in [6.45, 7) is 3.84. The van der Waals surface area contributed by atoms with Crippen LogP contribution in [0.1, 0.15) is 20.3 Å². The maximum Gasteiger partial charge on any atom is 0.347 e. The zero-order chi connectivity index (χ0) is 14.5. The van der Waals surface area contributed by atoms with E-state index in [9.17, 15) is 13.2 Å². The lowest BCUT2D eigenvalue weighted by Gasteiger charge is -2.16. The van der Waals surface area contributed by atoms with Crippen molar-refractivity contribution in [2.45, 2.75) is 31.3 Å². The topological polar surface area (TPSA) is 69.7 Å². The van der Waals surface area contributed by atoms with Gasteiger partial charge in [-0.15, -0.1) is 0 Å². The van der Waals surface area contributed by atoms with Gasteiger partial charge in [-0.2, -0.15) is 0 Å². The predicted octanol–water partition coefficient (Wildman–Crippen LogP) is 1.81. The third-order valence-corrected chi connectivity index (χ3v) is 3.58. The monoisotopic (exact) mass is 286 g/mol. The lowest BCUT2D eigenvalue weighted by atomic mass is 10.2. The molecule has 5 nitrogen and oxygen atoms in total. The maximum atomic E-state index is 11.6. The van der Waals surface area contributed by atoms with Gasteiger partial charge < -0.3 is 9.47 Å². The van der Waals surface area contributed by atoms with E-state index in [0.29, 0.717) is 18.8 Å². The smallest absolute Gasteiger partial charge is 0.347 e. The second kappa shape index (κ2) is 6.56. The van der Waals surface area contributed by atoms with E-state index in [1.54, 1.807) is 6.92 Å². The molecule has 1 atom stereocenters. The predicted molar refractivity (Wildman–Crippen MR) is 70.9 cm³/mol. The molecule has 0 aliphatic heterocycles. The molecule has 0 heterocycles. The summed E-state index contributed by atoms with van der Waals surface area (Å²) in [5, 5.41) is 0. The average molecular weight is 286 g/mol. The molecule has 0 radical (unpaired) electrons. The molecule has 0 amide bonds. The highest BCUT2D eigenvalue weighted by atomic mass is 32.2. The fourth-order valence-corrected chi connectivity index (χ4v) is 2.09. The van der Waals surface area contributed by atoms with Crippen LogP contribution >= 0.6 is 0 Å². The average Bonchev–Trinajstić information content (AvgIpc) is 2.35. The Labute approximate surface area is 113 Å². The molecule has 0 bridgehead atoms. The number of hydrogen-bond acceptors (Lipinski definition) is 5. The standard InChI is InChI=1S/C13H18O5S/c1-4-12(13(14)17-5-2)18-10-6-8-11(9-7-10)19(3,15)16/h6-9,12H,4-5H2,1-3H3/t12-/m0/s1. The van der Waals surface area contributed by atoms with Crippen molar-refractivity contribution in [3.05, 3.63) is 24.3 Å². The van der Waals surface area contributed by atoms with Gasteiger partial charge in [-0.3, -0.25) is 0 Å². The SMILES string of the molecule is CCOC(=O)[C@H](CC)Oc1ccc(S(C)(=O)=O)cc1. The summed E-state index contributed by atoms with van der Waals surface area (Å²) < 4.78 is 33.0. The number of esters is 1. The fraction of sp³-hybridized carbons (Fsp3) is 0.462. The van der Waals surface area contributed by atoms with E-state index in [1.807, 2.05) is 6.92 Å². The molecule has 19 heavy (non-hydrogen) atoms. The minimum Gasteiger partial charge on any atom is -0.479 e. The quantitative estimate of drug-likeness (QED) is 0.746. The molecule has 0 saturated carbocycles. The molecule has 0 spiro atoms. The highest BCUT2D eigenvalue weighted by Gasteiger charge is 2.19. The van der Waals surface area contributed by atoms with E-state index in [-0.39, 0.29) is 4.90 Å². The van der Waals surface area contributed by atoms with Gasteiger partial charge in [-0.25, -0.2) is 13.2 Å². The van der Waals surface area contributed by atoms with Crippen molar-refractivity contribution in [2.24, 2.45) is 0 Å². The third-order valence-electron chi connectivity index (χ3n) is 2.45. The normalized spacial score (nSPS) is 12.8. The van der Waals surface area contributed by atoms with E-state index in [1.165, 1.54) is 24.3 Å². The van der Waals surface area contributed by atoms with Crippen LogP contribution < -0.4 is 4.74 Å². The van der Waals surface area contributed by atoms with Crippen LogP contribution in [0.25, 0.3) is 0 Å². The summed E-state index contributed by atoms with van der Waals surface area (Å²) in [6.07, 6.45) is 0.937. The zero-order valence-electron chi connectivity index (χ0n) is 11.3. The highest BCUT2D eigenvalue weighted by molar-refractivity contribution is 7.90. The summed E-state index contributed by atoms with van der Waals surface area (Å²) in [5.41, 5.74) is 0. The number of ether oxygens (including phenoxy) is 2. The minimum absolute atomic E-state index is 0.212. The van der Waals surface area contributed by atoms with Crippen LogP contribution in [-0.2, 0) is 19.4 Å². The fourth-order valence-electron chi connectivity index (χ4n) is 1.46. The first kappa shape index (κ1) is 15.5. The molecule has 0 aliphatic carbocycles. The van der Waals surface area contributed by atoms with Crippen LogP contribution in [-0.4, -0.2) is 33.4 Å². The summed E-state index contributed by atoms with van der Waals surface area (Å²) in [7, 11) is -3.23. The highest BCUT2D eigenvalue weighted by Crippen LogP contribution is 2.18. The molecule has 0 unspecified atom stereocenters. The van der Waals surface area contributed by atoms with Crippen molar-refractivity contribution < 1.29 is 22.7 Å². The number of rotatable bonds is 6. The Hall–Kier alpha value is -1.56. The lowest BCUT2D eigenvalue weighted by molar-refractivity contribution is -0.151. The first-order valence-corrected chi connectivity index (χ1v) is 7.91. The lowest BCUT2D eigenvalue weighted by Crippen LogP contribution is -2.28. The van der Waals surface area contributed by atoms with E-state index in [4.69, 9.17) is 9.47 Å². The van der Waals surface area contributed by atoms with Crippen molar-refractivity contribution >= 4 is 15.8 Å². The molecule has 0 saturated heterocycles. The second-order valence-electron chi connectivity index (χ2n) is 4.01. The Kier molecular flexibility index (Phi) is 5.35. The summed E-state index contributed by atoms with van der Waals surface area (Å²) in [6, 6.07) is 5.95. The largest absolute Gasteiger partial charge is 0.479 e. The van der Waals surface area contributed by atoms with Crippen molar-refractivity contribution in [1.29, 1.82) is 0 Å². The number of sulfone groups is 1. The Morgan fingerprint density at radius 1 is 1.21 bits per heavy atom. The van der Waals surface area contributed by atoms with Gasteiger partial charge in [0.05, 0.1) is 11.5 Å². The van der Waals surface area contributed by atoms with Gasteiger partial charge in [0.1, 0.15) is 5.75 Å². The van der Waals surface area contributed by atoms with Gasteiger partial charge in [-0.05, 0) is 37.6 Å². The zero-order valence-corrected chi connectivity index (χ0v) is 12.1. The molecule has 0 fully saturated rings. The Morgan fingerprint density at radius 2 is 1.79 bits per heavy atom. The van der Waals surface area contributed by atoms with E-state index in [2.05, 4.69) is 0 Å². The third kappa shape index (κ3) is 4.55. The van der Waals surface area contributed by atoms with Gasteiger partial charge in [0.15, 0.2) is 15.9 Å². The van der Waals surface area contributed by atoms with Crippen LogP contribution in [0.15, 0.2) is 29.2 Å². The Bertz CT molecular complexity index is 518. The molecule has 0 aromatic heterocycles. The maximum absolute atomic E-state index is 11.6. The number of carbonyl (C=O) groups excluding carboxylic acids is 1. The molecule has 0 aliphatic rings. The molecule has 106 valence electrons. The van der Waals surface area contributed by atoms with E-state index < -0.39 is 21.9 Å². The van der Waals surface area contributed by atoms with Gasteiger partial charge in [-0.1, -0.05) is 6.92 Å². The van der Waals surface area contributed by atoms with Gasteiger partial charge >= 0.3 is 5.97 Å². The Morgan fingerprint density at radius 3 is 2.21 bits per heavy atom. The molecule has 1 rings (SSSR count). The molecule has 1 aromatic carbocycles. The summed E-state index contributed by atoms with van der Waals surface area (Å²) in [5.74, 6) is 0.0180. The van der Waals surface area contributed by atoms with Gasteiger partial charge in [0, 0.05) is 6.26 Å². The Balaban J connectivity index is 2.79. The molecule has 1 aromatic rings. The molecular weight excluding hydrogens is 268 g/mol. The van der Waals surface area contributed by atoms with Crippen LogP contribution in [0.2, 0.25) is 0 Å². The summed E-state index contributed by atoms with van der Waals surface area (Å²) in [4.78, 5) is 11.8. The number of benzene rings is 1. The summed E-state index contributed by atoms with van der Waals surface area (Å²) >= 11 is 0. The van der Waals surface area contributed by atoms with Crippen LogP contribution in [0.4, 0.5) is 0 Å². The minimum atomic E-state index is -3.23. The van der Waals surface area contributed by atoms with Crippen LogP contribution in [0, 0.1) is 0 Å². The molecule has 6 heteroatoms. The van der Waals surface area contributed by atoms with Crippen molar-refractivity contribution in [3.63, 3.8) is 0 Å². The van der Waals surface area contributed by atoms with Gasteiger partial charge in [0.2, 0.25) is 0 Å². The van der Waals surface area contributed by atoms with Crippen LogP contribution in [0.3, 0.4) is 0 Å². The molecular formula is C13H18O5S. The van der Waals surface area contributed by atoms with Crippen LogP contribution in [0.5, 0.6) is 5.75 Å². The van der Waals surface area contributed by atoms with E-state index in [0.717, 1.165) is 6.26 Å². The van der Waals surface area contributed by atoms with E-state index >= 15 is 0 Å². The van der Waals surface area contributed by atoms with Gasteiger partial charge in [0.25, 0.3) is 0 Å². The van der Waals surface area contributed by atoms with Crippen molar-refractivity contribution in [3.8, 4) is 5.75 Å². The second-order valence-corrected chi connectivity index (χ2v) is 6.03. The number of carbonyl (C=O) groups is 1. The van der Waals surface area contributed by atoms with Crippen molar-refractivity contribution in [2.75, 3.05) is 12.9 Å². The molecule has 0 N–H and O–H groups in total. The van der Waals surface area contributed by atoms with Crippen molar-refractivity contribution in [1.82, 2.24) is 0 Å². The first-order chi connectivity index (χ1) is 8.88. The first-order valence-electron chi connectivity index (χ1n) is 6.01.